The van der Waals surface area contributed by atoms with Crippen molar-refractivity contribution >= 4 is 34.6 Å². The van der Waals surface area contributed by atoms with E-state index in [0.29, 0.717) is 26.7 Å². The van der Waals surface area contributed by atoms with Crippen LogP contribution < -0.4 is 5.32 Å². The number of para-hydroxylation sites is 1. The lowest BCUT2D eigenvalue weighted by atomic mass is 9.97. The normalized spacial score (nSPS) is 11.7. The van der Waals surface area contributed by atoms with Gasteiger partial charge in [-0.1, -0.05) is 48.0 Å². The highest BCUT2D eigenvalue weighted by atomic mass is 35.5. The smallest absolute Gasteiger partial charge is 0.261 e. The van der Waals surface area contributed by atoms with E-state index in [2.05, 4.69) is 10.3 Å². The molecular formula is C25H20ClN3O2S. The van der Waals surface area contributed by atoms with E-state index in [1.807, 2.05) is 35.7 Å². The van der Waals surface area contributed by atoms with Crippen molar-refractivity contribution in [2.45, 2.75) is 12.5 Å². The fourth-order valence-electron chi connectivity index (χ4n) is 3.36. The summed E-state index contributed by atoms with van der Waals surface area (Å²) in [7, 11) is 0. The van der Waals surface area contributed by atoms with Gasteiger partial charge in [-0.05, 0) is 46.8 Å². The molecule has 1 unspecified atom stereocenters. The van der Waals surface area contributed by atoms with Crippen molar-refractivity contribution < 1.29 is 9.90 Å². The van der Waals surface area contributed by atoms with E-state index in [1.165, 1.54) is 11.3 Å². The van der Waals surface area contributed by atoms with Gasteiger partial charge in [0.25, 0.3) is 5.91 Å². The van der Waals surface area contributed by atoms with Crippen molar-refractivity contribution in [3.05, 3.63) is 106 Å². The van der Waals surface area contributed by atoms with Gasteiger partial charge in [0, 0.05) is 40.7 Å². The first kappa shape index (κ1) is 21.7. The highest BCUT2D eigenvalue weighted by Crippen LogP contribution is 2.30. The SMILES string of the molecule is N=C(CC(NC(=O)c1cc(-c2ccc(Cl)cc2)cs1)c1ccccc1O)c1cccnc1. The Labute approximate surface area is 194 Å². The van der Waals surface area contributed by atoms with Crippen LogP contribution in [0.25, 0.3) is 11.1 Å². The molecule has 32 heavy (non-hydrogen) atoms. The van der Waals surface area contributed by atoms with Crippen molar-refractivity contribution in [3.63, 3.8) is 0 Å². The second-order valence-electron chi connectivity index (χ2n) is 7.22. The molecule has 0 saturated carbocycles. The molecule has 0 bridgehead atoms. The molecule has 0 fully saturated rings. The van der Waals surface area contributed by atoms with Gasteiger partial charge >= 0.3 is 0 Å². The van der Waals surface area contributed by atoms with Gasteiger partial charge < -0.3 is 15.8 Å². The number of thiophene rings is 1. The predicted molar refractivity (Wildman–Crippen MR) is 129 cm³/mol. The highest BCUT2D eigenvalue weighted by molar-refractivity contribution is 7.12. The summed E-state index contributed by atoms with van der Waals surface area (Å²) in [4.78, 5) is 17.7. The van der Waals surface area contributed by atoms with Crippen LogP contribution in [0, 0.1) is 5.41 Å². The second-order valence-corrected chi connectivity index (χ2v) is 8.56. The van der Waals surface area contributed by atoms with Crippen LogP contribution in [-0.2, 0) is 0 Å². The molecule has 0 aliphatic heterocycles. The summed E-state index contributed by atoms with van der Waals surface area (Å²) < 4.78 is 0. The summed E-state index contributed by atoms with van der Waals surface area (Å²) in [6.45, 7) is 0. The number of benzene rings is 2. The minimum Gasteiger partial charge on any atom is -0.508 e. The molecule has 0 aliphatic carbocycles. The number of pyridine rings is 1. The summed E-state index contributed by atoms with van der Waals surface area (Å²) in [5, 5.41) is 24.4. The molecule has 2 heterocycles. The molecule has 0 aliphatic rings. The summed E-state index contributed by atoms with van der Waals surface area (Å²) in [6.07, 6.45) is 3.47. The maximum Gasteiger partial charge on any atom is 0.261 e. The van der Waals surface area contributed by atoms with Crippen molar-refractivity contribution in [3.8, 4) is 16.9 Å². The molecule has 5 nitrogen and oxygen atoms in total. The van der Waals surface area contributed by atoms with E-state index in [1.54, 1.807) is 48.8 Å². The van der Waals surface area contributed by atoms with Gasteiger partial charge in [0.1, 0.15) is 5.75 Å². The highest BCUT2D eigenvalue weighted by Gasteiger charge is 2.22. The molecule has 2 aromatic heterocycles. The topological polar surface area (TPSA) is 86.1 Å². The minimum absolute atomic E-state index is 0.0739. The summed E-state index contributed by atoms with van der Waals surface area (Å²) >= 11 is 7.31. The van der Waals surface area contributed by atoms with E-state index in [4.69, 9.17) is 17.0 Å². The second kappa shape index (κ2) is 9.77. The molecule has 1 amide bonds. The van der Waals surface area contributed by atoms with Crippen LogP contribution >= 0.6 is 22.9 Å². The number of carbonyl (C=O) groups excluding carboxylic acids is 1. The largest absolute Gasteiger partial charge is 0.508 e. The lowest BCUT2D eigenvalue weighted by molar-refractivity contribution is 0.0941. The summed E-state index contributed by atoms with van der Waals surface area (Å²) in [5.41, 5.74) is 3.45. The molecule has 4 rings (SSSR count). The average molecular weight is 462 g/mol. The quantitative estimate of drug-likeness (QED) is 0.291. The van der Waals surface area contributed by atoms with Gasteiger partial charge in [-0.15, -0.1) is 11.3 Å². The summed E-state index contributed by atoms with van der Waals surface area (Å²) in [6, 6.07) is 19.1. The number of carbonyl (C=O) groups is 1. The number of nitrogens with one attached hydrogen (secondary N) is 2. The van der Waals surface area contributed by atoms with Crippen LogP contribution in [0.2, 0.25) is 5.02 Å². The Balaban J connectivity index is 1.57. The number of hydrogen-bond acceptors (Lipinski definition) is 5. The van der Waals surface area contributed by atoms with Crippen molar-refractivity contribution in [2.24, 2.45) is 0 Å². The van der Waals surface area contributed by atoms with Crippen LogP contribution in [0.5, 0.6) is 5.75 Å². The fourth-order valence-corrected chi connectivity index (χ4v) is 4.31. The van der Waals surface area contributed by atoms with Crippen molar-refractivity contribution in [1.82, 2.24) is 10.3 Å². The number of amides is 1. The van der Waals surface area contributed by atoms with E-state index in [9.17, 15) is 9.90 Å². The van der Waals surface area contributed by atoms with Crippen LogP contribution in [0.3, 0.4) is 0 Å². The maximum absolute atomic E-state index is 13.1. The minimum atomic E-state index is -0.572. The molecular weight excluding hydrogens is 442 g/mol. The number of aromatic hydroxyl groups is 1. The molecule has 160 valence electrons. The number of phenols is 1. The molecule has 4 aromatic rings. The zero-order valence-corrected chi connectivity index (χ0v) is 18.5. The van der Waals surface area contributed by atoms with Crippen LogP contribution in [0.15, 0.2) is 84.5 Å². The van der Waals surface area contributed by atoms with E-state index >= 15 is 0 Å². The molecule has 7 heteroatoms. The van der Waals surface area contributed by atoms with Gasteiger partial charge in [0.05, 0.1) is 10.9 Å². The predicted octanol–water partition coefficient (Wildman–Crippen LogP) is 6.10. The molecule has 3 N–H and O–H groups in total. The number of phenolic OH excluding ortho intramolecular Hbond substituents is 1. The third-order valence-corrected chi connectivity index (χ3v) is 6.22. The molecule has 2 aromatic carbocycles. The van der Waals surface area contributed by atoms with Crippen LogP contribution in [0.1, 0.15) is 33.3 Å². The lowest BCUT2D eigenvalue weighted by Crippen LogP contribution is -2.29. The van der Waals surface area contributed by atoms with E-state index in [0.717, 1.165) is 11.1 Å². The fraction of sp³-hybridized carbons (Fsp3) is 0.0800. The Bertz CT molecular complexity index is 1240. The third-order valence-electron chi connectivity index (χ3n) is 5.04. The molecule has 1 atom stereocenters. The average Bonchev–Trinajstić information content (AvgIpc) is 3.30. The number of hydrogen-bond donors (Lipinski definition) is 3. The Hall–Kier alpha value is -3.48. The van der Waals surface area contributed by atoms with Crippen LogP contribution in [-0.4, -0.2) is 21.7 Å². The lowest BCUT2D eigenvalue weighted by Gasteiger charge is -2.20. The number of nitrogens with zero attached hydrogens (tertiary/aromatic N) is 1. The zero-order chi connectivity index (χ0) is 22.5. The first-order valence-electron chi connectivity index (χ1n) is 9.92. The van der Waals surface area contributed by atoms with Gasteiger partial charge in [-0.25, -0.2) is 0 Å². The number of rotatable bonds is 7. The standard InChI is InChI=1S/C25H20ClN3O2S/c26-19-9-7-16(8-10-19)18-12-24(32-15-18)25(31)29-22(20-5-1-2-6-23(20)30)13-21(27)17-4-3-11-28-14-17/h1-12,14-15,22,27,30H,13H2,(H,29,31). The van der Waals surface area contributed by atoms with E-state index < -0.39 is 6.04 Å². The molecule has 0 spiro atoms. The first-order chi connectivity index (χ1) is 15.5. The maximum atomic E-state index is 13.1. The molecule has 0 saturated heterocycles. The Morgan fingerprint density at radius 1 is 1.09 bits per heavy atom. The Morgan fingerprint density at radius 2 is 1.88 bits per heavy atom. The van der Waals surface area contributed by atoms with Crippen molar-refractivity contribution in [2.75, 3.05) is 0 Å². The van der Waals surface area contributed by atoms with Crippen molar-refractivity contribution in [1.29, 1.82) is 5.41 Å². The number of aromatic nitrogens is 1. The number of halogens is 1. The third kappa shape index (κ3) is 5.04. The van der Waals surface area contributed by atoms with Gasteiger partial charge in [-0.2, -0.15) is 0 Å². The van der Waals surface area contributed by atoms with Gasteiger partial charge in [0.2, 0.25) is 0 Å². The van der Waals surface area contributed by atoms with Gasteiger partial charge in [-0.3, -0.25) is 9.78 Å². The summed E-state index contributed by atoms with van der Waals surface area (Å²) in [5.74, 6) is -0.188. The van der Waals surface area contributed by atoms with Crippen LogP contribution in [0.4, 0.5) is 0 Å². The zero-order valence-electron chi connectivity index (χ0n) is 17.0. The Morgan fingerprint density at radius 3 is 2.59 bits per heavy atom. The van der Waals surface area contributed by atoms with E-state index in [-0.39, 0.29) is 18.1 Å². The monoisotopic (exact) mass is 461 g/mol. The van der Waals surface area contributed by atoms with Gasteiger partial charge in [0.15, 0.2) is 0 Å². The Kier molecular flexibility index (Phi) is 6.63. The molecule has 0 radical (unpaired) electrons. The first-order valence-corrected chi connectivity index (χ1v) is 11.2.